The van der Waals surface area contributed by atoms with Crippen molar-refractivity contribution in [3.05, 3.63) is 29.7 Å². The summed E-state index contributed by atoms with van der Waals surface area (Å²) < 4.78 is 2.21. The van der Waals surface area contributed by atoms with Gasteiger partial charge >= 0.3 is 5.97 Å². The summed E-state index contributed by atoms with van der Waals surface area (Å²) >= 11 is 0. The number of fused-ring (bicyclic) bond motifs is 1. The lowest BCUT2D eigenvalue weighted by atomic mass is 9.77. The Bertz CT molecular complexity index is 1260. The zero-order valence-electron chi connectivity index (χ0n) is 22.6. The molecule has 37 heavy (non-hydrogen) atoms. The molecule has 2 saturated carbocycles. The van der Waals surface area contributed by atoms with Crippen molar-refractivity contribution in [2.24, 2.45) is 23.7 Å². The molecule has 0 aliphatic heterocycles. The number of anilines is 1. The molecule has 3 heterocycles. The summed E-state index contributed by atoms with van der Waals surface area (Å²) in [6, 6.07) is 4.14. The molecule has 3 aromatic heterocycles. The maximum atomic E-state index is 11.9. The van der Waals surface area contributed by atoms with Gasteiger partial charge in [-0.25, -0.2) is 19.7 Å². The molecule has 1 atom stereocenters. The second-order valence-corrected chi connectivity index (χ2v) is 11.7. The van der Waals surface area contributed by atoms with Crippen molar-refractivity contribution in [2.45, 2.75) is 85.1 Å². The number of rotatable bonds is 9. The first-order chi connectivity index (χ1) is 17.8. The predicted molar refractivity (Wildman–Crippen MR) is 146 cm³/mol. The largest absolute Gasteiger partial charge is 0.475 e. The van der Waals surface area contributed by atoms with Crippen LogP contribution in [0.3, 0.4) is 0 Å². The van der Waals surface area contributed by atoms with Crippen LogP contribution in [0.4, 0.5) is 5.82 Å². The Morgan fingerprint density at radius 1 is 1.11 bits per heavy atom. The van der Waals surface area contributed by atoms with E-state index in [9.17, 15) is 9.90 Å². The van der Waals surface area contributed by atoms with Gasteiger partial charge in [0.25, 0.3) is 0 Å². The first-order valence-electron chi connectivity index (χ1n) is 14.0. The molecule has 198 valence electrons. The number of aromatic carboxylic acids is 1. The van der Waals surface area contributed by atoms with E-state index >= 15 is 0 Å². The predicted octanol–water partition coefficient (Wildman–Crippen LogP) is 6.38. The van der Waals surface area contributed by atoms with Crippen LogP contribution in [-0.2, 0) is 6.54 Å². The van der Waals surface area contributed by atoms with E-state index in [2.05, 4.69) is 58.6 Å². The van der Waals surface area contributed by atoms with Crippen LogP contribution in [0.5, 0.6) is 0 Å². The summed E-state index contributed by atoms with van der Waals surface area (Å²) in [5.74, 6) is 2.81. The maximum absolute atomic E-state index is 11.9. The molecule has 2 N–H and O–H groups in total. The van der Waals surface area contributed by atoms with Crippen molar-refractivity contribution in [1.82, 2.24) is 24.5 Å². The van der Waals surface area contributed by atoms with Crippen LogP contribution in [0.1, 0.15) is 94.7 Å². The van der Waals surface area contributed by atoms with Crippen LogP contribution in [0.25, 0.3) is 22.7 Å². The first-order valence-corrected chi connectivity index (χ1v) is 14.0. The minimum atomic E-state index is -1.14. The van der Waals surface area contributed by atoms with E-state index in [0.29, 0.717) is 29.2 Å². The van der Waals surface area contributed by atoms with Gasteiger partial charge in [-0.3, -0.25) is 4.98 Å². The number of carboxylic acid groups (broad SMARTS) is 1. The Kier molecular flexibility index (Phi) is 7.45. The summed E-state index contributed by atoms with van der Waals surface area (Å²) in [4.78, 5) is 30.4. The molecule has 0 spiro atoms. The fourth-order valence-corrected chi connectivity index (χ4v) is 5.76. The summed E-state index contributed by atoms with van der Waals surface area (Å²) in [6.45, 7) is 10.5. The van der Waals surface area contributed by atoms with Gasteiger partial charge in [-0.1, -0.05) is 59.8 Å². The highest BCUT2D eigenvalue weighted by molar-refractivity contribution is 5.92. The van der Waals surface area contributed by atoms with Crippen molar-refractivity contribution in [1.29, 1.82) is 0 Å². The van der Waals surface area contributed by atoms with Crippen molar-refractivity contribution < 1.29 is 9.90 Å². The molecule has 2 aliphatic carbocycles. The van der Waals surface area contributed by atoms with E-state index in [-0.39, 0.29) is 5.82 Å². The molecule has 3 aromatic rings. The van der Waals surface area contributed by atoms with Crippen LogP contribution < -0.4 is 5.32 Å². The lowest BCUT2D eigenvalue weighted by Gasteiger charge is -2.31. The molecule has 2 aliphatic rings. The molecular formula is C29H40N6O2. The fraction of sp³-hybridized carbons (Fsp3) is 0.621. The van der Waals surface area contributed by atoms with Gasteiger partial charge in [-0.2, -0.15) is 0 Å². The Morgan fingerprint density at radius 3 is 2.51 bits per heavy atom. The van der Waals surface area contributed by atoms with Gasteiger partial charge in [0.2, 0.25) is 5.82 Å². The van der Waals surface area contributed by atoms with Crippen molar-refractivity contribution in [2.75, 3.05) is 11.9 Å². The number of pyridine rings is 1. The van der Waals surface area contributed by atoms with Crippen LogP contribution in [0, 0.1) is 23.7 Å². The number of imidazole rings is 1. The first kappa shape index (κ1) is 25.6. The lowest BCUT2D eigenvalue weighted by molar-refractivity contribution is 0.0684. The third kappa shape index (κ3) is 5.48. The molecule has 2 fully saturated rings. The van der Waals surface area contributed by atoms with Gasteiger partial charge in [-0.15, -0.1) is 0 Å². The van der Waals surface area contributed by atoms with Crippen LogP contribution in [0.15, 0.2) is 18.3 Å². The Morgan fingerprint density at radius 2 is 1.86 bits per heavy atom. The van der Waals surface area contributed by atoms with Crippen LogP contribution in [-0.4, -0.2) is 42.1 Å². The summed E-state index contributed by atoms with van der Waals surface area (Å²) in [6.07, 6.45) is 10.5. The Hall–Kier alpha value is -3.03. The van der Waals surface area contributed by atoms with Gasteiger partial charge in [0.1, 0.15) is 11.2 Å². The molecule has 0 unspecified atom stereocenters. The molecular weight excluding hydrogens is 464 g/mol. The normalized spacial score (nSPS) is 21.2. The number of carboxylic acids is 1. The molecule has 8 nitrogen and oxygen atoms in total. The zero-order chi connectivity index (χ0) is 26.1. The average Bonchev–Trinajstić information content (AvgIpc) is 3.21. The number of hydrogen-bond acceptors (Lipinski definition) is 6. The van der Waals surface area contributed by atoms with E-state index in [1.807, 2.05) is 12.3 Å². The molecule has 0 saturated heterocycles. The van der Waals surface area contributed by atoms with Gasteiger partial charge in [0.15, 0.2) is 17.3 Å². The zero-order valence-corrected chi connectivity index (χ0v) is 22.6. The van der Waals surface area contributed by atoms with E-state index < -0.39 is 5.97 Å². The number of nitrogens with one attached hydrogen (secondary N) is 1. The molecule has 0 aromatic carbocycles. The molecule has 0 bridgehead atoms. The van der Waals surface area contributed by atoms with E-state index in [1.165, 1.54) is 50.5 Å². The monoisotopic (exact) mass is 504 g/mol. The summed E-state index contributed by atoms with van der Waals surface area (Å²) in [5.41, 5.74) is 3.19. The van der Waals surface area contributed by atoms with Crippen LogP contribution in [0.2, 0.25) is 0 Å². The third-order valence-corrected chi connectivity index (χ3v) is 8.60. The van der Waals surface area contributed by atoms with Gasteiger partial charge in [0.05, 0.1) is 0 Å². The van der Waals surface area contributed by atoms with Crippen molar-refractivity contribution in [3.63, 3.8) is 0 Å². The SMILES string of the molecule is CC(C)c1ccnc(-c2nc3nc(C(=O)O)nc(NC[C@H](C)C4CCC4)c3n2C[C@H]2CC[C@H](C)CC2)c1. The average molecular weight is 505 g/mol. The topological polar surface area (TPSA) is 106 Å². The summed E-state index contributed by atoms with van der Waals surface area (Å²) in [7, 11) is 0. The second-order valence-electron chi connectivity index (χ2n) is 11.7. The Balaban J connectivity index is 1.61. The third-order valence-electron chi connectivity index (χ3n) is 8.60. The maximum Gasteiger partial charge on any atom is 0.374 e. The smallest absolute Gasteiger partial charge is 0.374 e. The molecule has 0 amide bonds. The summed E-state index contributed by atoms with van der Waals surface area (Å²) in [5, 5.41) is 13.3. The highest BCUT2D eigenvalue weighted by Gasteiger charge is 2.28. The van der Waals surface area contributed by atoms with Crippen LogP contribution >= 0.6 is 0 Å². The number of carbonyl (C=O) groups is 1. The van der Waals surface area contributed by atoms with Crippen molar-refractivity contribution >= 4 is 23.0 Å². The highest BCUT2D eigenvalue weighted by Crippen LogP contribution is 2.36. The minimum Gasteiger partial charge on any atom is -0.475 e. The fourth-order valence-electron chi connectivity index (χ4n) is 5.76. The second kappa shape index (κ2) is 10.8. The van der Waals surface area contributed by atoms with Crippen molar-refractivity contribution in [3.8, 4) is 11.5 Å². The highest BCUT2D eigenvalue weighted by atomic mass is 16.4. The quantitative estimate of drug-likeness (QED) is 0.348. The number of hydrogen-bond donors (Lipinski definition) is 2. The number of aromatic nitrogens is 5. The van der Waals surface area contributed by atoms with E-state index in [1.54, 1.807) is 0 Å². The molecule has 5 rings (SSSR count). The van der Waals surface area contributed by atoms with Gasteiger partial charge in [0, 0.05) is 19.3 Å². The van der Waals surface area contributed by atoms with E-state index in [0.717, 1.165) is 42.0 Å². The van der Waals surface area contributed by atoms with Gasteiger partial charge < -0.3 is 15.0 Å². The van der Waals surface area contributed by atoms with Gasteiger partial charge in [-0.05, 0) is 60.1 Å². The number of nitrogens with zero attached hydrogens (tertiary/aromatic N) is 5. The lowest BCUT2D eigenvalue weighted by Crippen LogP contribution is -2.26. The van der Waals surface area contributed by atoms with E-state index in [4.69, 9.17) is 4.98 Å². The molecule has 0 radical (unpaired) electrons. The standard InChI is InChI=1S/C29H40N6O2/c1-17(2)22-12-13-30-23(14-22)28-34-26-24(35(28)16-20-10-8-18(3)9-11-20)25(32-27(33-26)29(36)37)31-15-19(4)21-6-5-7-21/h12-14,17-21H,5-11,15-16H2,1-4H3,(H,36,37)(H,31,32,33)/t18-,19-,20-/m0/s1. The molecule has 8 heteroatoms. The minimum absolute atomic E-state index is 0.224. The Labute approximate surface area is 219 Å².